The van der Waals surface area contributed by atoms with Crippen LogP contribution in [0, 0.1) is 0 Å². The molecule has 0 amide bonds. The quantitative estimate of drug-likeness (QED) is 0.748. The van der Waals surface area contributed by atoms with E-state index in [9.17, 15) is 5.11 Å². The molecule has 1 unspecified atom stereocenters. The highest BCUT2D eigenvalue weighted by Gasteiger charge is 2.14. The van der Waals surface area contributed by atoms with Crippen LogP contribution in [0.4, 0.5) is 0 Å². The fourth-order valence-corrected chi connectivity index (χ4v) is 1.70. The van der Waals surface area contributed by atoms with Crippen LogP contribution in [0.2, 0.25) is 5.02 Å². The van der Waals surface area contributed by atoms with E-state index in [1.807, 2.05) is 12.1 Å². The molecule has 0 aromatic heterocycles. The number of hydrogen-bond acceptors (Lipinski definition) is 4. The van der Waals surface area contributed by atoms with Crippen molar-refractivity contribution in [3.63, 3.8) is 0 Å². The summed E-state index contributed by atoms with van der Waals surface area (Å²) in [4.78, 5) is 0. The maximum atomic E-state index is 9.33. The molecule has 5 heteroatoms. The van der Waals surface area contributed by atoms with E-state index in [1.54, 1.807) is 6.07 Å². The standard InChI is InChI=1S/C14H22ClNO3/c1-14(2,3)16-7-10-5-4-6-12(15)13(10)19-9-11(18)8-17/h4-6,11,16-18H,7-9H2,1-3H3. The van der Waals surface area contributed by atoms with Gasteiger partial charge in [0.25, 0.3) is 0 Å². The molecule has 0 aliphatic carbocycles. The minimum atomic E-state index is -0.903. The van der Waals surface area contributed by atoms with E-state index in [-0.39, 0.29) is 18.8 Å². The molecule has 0 radical (unpaired) electrons. The molecule has 1 aromatic rings. The summed E-state index contributed by atoms with van der Waals surface area (Å²) in [5.41, 5.74) is 0.914. The van der Waals surface area contributed by atoms with E-state index in [0.717, 1.165) is 5.56 Å². The summed E-state index contributed by atoms with van der Waals surface area (Å²) in [7, 11) is 0. The third kappa shape index (κ3) is 5.78. The molecular formula is C14H22ClNO3. The normalized spacial score (nSPS) is 13.4. The third-order valence-corrected chi connectivity index (χ3v) is 2.79. The molecule has 0 saturated heterocycles. The Balaban J connectivity index is 2.77. The van der Waals surface area contributed by atoms with Crippen LogP contribution in [-0.4, -0.2) is 35.1 Å². The number of hydrogen-bond donors (Lipinski definition) is 3. The Morgan fingerprint density at radius 2 is 2.05 bits per heavy atom. The van der Waals surface area contributed by atoms with Gasteiger partial charge in [0.15, 0.2) is 0 Å². The lowest BCUT2D eigenvalue weighted by molar-refractivity contribution is 0.0532. The Labute approximate surface area is 119 Å². The van der Waals surface area contributed by atoms with Gasteiger partial charge in [0.05, 0.1) is 11.6 Å². The molecule has 1 aromatic carbocycles. The monoisotopic (exact) mass is 287 g/mol. The fraction of sp³-hybridized carbons (Fsp3) is 0.571. The number of nitrogens with one attached hydrogen (secondary N) is 1. The minimum absolute atomic E-state index is 0.00972. The number of ether oxygens (including phenoxy) is 1. The molecule has 0 aliphatic rings. The fourth-order valence-electron chi connectivity index (χ4n) is 1.45. The lowest BCUT2D eigenvalue weighted by Gasteiger charge is -2.22. The van der Waals surface area contributed by atoms with E-state index in [0.29, 0.717) is 17.3 Å². The van der Waals surface area contributed by atoms with Gasteiger partial charge in [-0.15, -0.1) is 0 Å². The summed E-state index contributed by atoms with van der Waals surface area (Å²) in [5, 5.41) is 22.0. The second-order valence-electron chi connectivity index (χ2n) is 5.48. The molecule has 1 atom stereocenters. The summed E-state index contributed by atoms with van der Waals surface area (Å²) < 4.78 is 5.50. The molecule has 0 aliphatic heterocycles. The van der Waals surface area contributed by atoms with Crippen molar-refractivity contribution in [2.75, 3.05) is 13.2 Å². The average Bonchev–Trinajstić information content (AvgIpc) is 2.33. The highest BCUT2D eigenvalue weighted by Crippen LogP contribution is 2.29. The van der Waals surface area contributed by atoms with Crippen LogP contribution in [-0.2, 0) is 6.54 Å². The van der Waals surface area contributed by atoms with Crippen molar-refractivity contribution in [2.45, 2.75) is 39.0 Å². The number of aliphatic hydroxyl groups excluding tert-OH is 2. The van der Waals surface area contributed by atoms with Crippen molar-refractivity contribution in [1.82, 2.24) is 5.32 Å². The van der Waals surface area contributed by atoms with E-state index in [2.05, 4.69) is 26.1 Å². The maximum absolute atomic E-state index is 9.33. The summed E-state index contributed by atoms with van der Waals surface area (Å²) in [6.07, 6.45) is -0.903. The molecule has 3 N–H and O–H groups in total. The highest BCUT2D eigenvalue weighted by atomic mass is 35.5. The van der Waals surface area contributed by atoms with E-state index >= 15 is 0 Å². The number of para-hydroxylation sites is 1. The Kier molecular flexibility index (Phi) is 6.07. The number of rotatable bonds is 6. The molecule has 19 heavy (non-hydrogen) atoms. The highest BCUT2D eigenvalue weighted by molar-refractivity contribution is 6.32. The van der Waals surface area contributed by atoms with Gasteiger partial charge in [-0.05, 0) is 26.8 Å². The van der Waals surface area contributed by atoms with Crippen molar-refractivity contribution in [3.8, 4) is 5.75 Å². The van der Waals surface area contributed by atoms with Crippen LogP contribution in [0.3, 0.4) is 0 Å². The summed E-state index contributed by atoms with van der Waals surface area (Å²) in [6.45, 7) is 6.53. The van der Waals surface area contributed by atoms with Crippen molar-refractivity contribution in [2.24, 2.45) is 0 Å². The summed E-state index contributed by atoms with van der Waals surface area (Å²) in [6, 6.07) is 5.52. The first kappa shape index (κ1) is 16.2. The second-order valence-corrected chi connectivity index (χ2v) is 5.89. The van der Waals surface area contributed by atoms with Crippen LogP contribution in [0.25, 0.3) is 0 Å². The topological polar surface area (TPSA) is 61.7 Å². The van der Waals surface area contributed by atoms with Crippen LogP contribution in [0.1, 0.15) is 26.3 Å². The van der Waals surface area contributed by atoms with E-state index in [1.165, 1.54) is 0 Å². The van der Waals surface area contributed by atoms with Gasteiger partial charge in [-0.25, -0.2) is 0 Å². The molecule has 0 saturated carbocycles. The Morgan fingerprint density at radius 3 is 2.63 bits per heavy atom. The number of benzene rings is 1. The molecule has 1 rings (SSSR count). The molecule has 4 nitrogen and oxygen atoms in total. The smallest absolute Gasteiger partial charge is 0.142 e. The van der Waals surface area contributed by atoms with Crippen LogP contribution in [0.5, 0.6) is 5.75 Å². The van der Waals surface area contributed by atoms with Gasteiger partial charge in [0.1, 0.15) is 18.5 Å². The first-order valence-electron chi connectivity index (χ1n) is 6.27. The van der Waals surface area contributed by atoms with Crippen LogP contribution < -0.4 is 10.1 Å². The lowest BCUT2D eigenvalue weighted by atomic mass is 10.1. The van der Waals surface area contributed by atoms with Gasteiger partial charge in [-0.2, -0.15) is 0 Å². The Hall–Kier alpha value is -0.810. The zero-order valence-corrected chi connectivity index (χ0v) is 12.4. The Morgan fingerprint density at radius 1 is 1.37 bits per heavy atom. The number of aliphatic hydroxyl groups is 2. The van der Waals surface area contributed by atoms with Crippen molar-refractivity contribution >= 4 is 11.6 Å². The first-order chi connectivity index (χ1) is 8.83. The number of halogens is 1. The van der Waals surface area contributed by atoms with Gasteiger partial charge < -0.3 is 20.3 Å². The van der Waals surface area contributed by atoms with Crippen molar-refractivity contribution < 1.29 is 14.9 Å². The Bertz CT molecular complexity index is 404. The lowest BCUT2D eigenvalue weighted by Crippen LogP contribution is -2.35. The van der Waals surface area contributed by atoms with Gasteiger partial charge in [0, 0.05) is 17.6 Å². The van der Waals surface area contributed by atoms with Crippen molar-refractivity contribution in [1.29, 1.82) is 0 Å². The van der Waals surface area contributed by atoms with Crippen LogP contribution in [0.15, 0.2) is 18.2 Å². The SMILES string of the molecule is CC(C)(C)NCc1cccc(Cl)c1OCC(O)CO. The van der Waals surface area contributed by atoms with Gasteiger partial charge >= 0.3 is 0 Å². The molecule has 0 bridgehead atoms. The third-order valence-electron chi connectivity index (χ3n) is 2.49. The molecule has 0 spiro atoms. The van der Waals surface area contributed by atoms with Crippen LogP contribution >= 0.6 is 11.6 Å². The van der Waals surface area contributed by atoms with Gasteiger partial charge in [-0.1, -0.05) is 23.7 Å². The molecule has 0 heterocycles. The average molecular weight is 288 g/mol. The molecular weight excluding hydrogens is 266 g/mol. The zero-order chi connectivity index (χ0) is 14.5. The zero-order valence-electron chi connectivity index (χ0n) is 11.6. The largest absolute Gasteiger partial charge is 0.489 e. The van der Waals surface area contributed by atoms with Crippen molar-refractivity contribution in [3.05, 3.63) is 28.8 Å². The second kappa shape index (κ2) is 7.10. The van der Waals surface area contributed by atoms with Gasteiger partial charge in [-0.3, -0.25) is 0 Å². The van der Waals surface area contributed by atoms with E-state index < -0.39 is 6.10 Å². The summed E-state index contributed by atoms with van der Waals surface area (Å²) >= 11 is 6.11. The van der Waals surface area contributed by atoms with E-state index in [4.69, 9.17) is 21.4 Å². The first-order valence-corrected chi connectivity index (χ1v) is 6.65. The molecule has 108 valence electrons. The maximum Gasteiger partial charge on any atom is 0.142 e. The minimum Gasteiger partial charge on any atom is -0.489 e. The predicted octanol–water partition coefficient (Wildman–Crippen LogP) is 1.96. The predicted molar refractivity (Wildman–Crippen MR) is 76.6 cm³/mol. The summed E-state index contributed by atoms with van der Waals surface area (Å²) in [5.74, 6) is 0.549. The molecule has 0 fully saturated rings. The van der Waals surface area contributed by atoms with Gasteiger partial charge in [0.2, 0.25) is 0 Å².